The third kappa shape index (κ3) is 15.3. The molecule has 1 aliphatic heterocycles. The molecule has 0 aromatic heterocycles. The van der Waals surface area contributed by atoms with Gasteiger partial charge >= 0.3 is 11.8 Å². The molecule has 0 bridgehead atoms. The Morgan fingerprint density at radius 2 is 1.69 bits per heavy atom. The minimum atomic E-state index is -0.831. The Balaban J connectivity index is 1.50. The van der Waals surface area contributed by atoms with Crippen LogP contribution in [-0.4, -0.2) is 118 Å². The van der Waals surface area contributed by atoms with Crippen molar-refractivity contribution in [2.24, 2.45) is 16.5 Å². The number of halogens is 1. The minimum absolute atomic E-state index is 0.0300. The lowest BCUT2D eigenvalue weighted by Gasteiger charge is -2.52. The standard InChI is InChI=1S/C35H56ClN9O7/c1-51-22-23-52-21-18-39-29(46)11-12-30(47)44-28(6-5-16-41-34(37)38)31(48)40-17-20-45-19-13-27(24-35(45)14-3-2-4-15-35)43-33(50)32(49)42-26-9-7-25(36)8-10-26/h7-10,27-28H,2-6,11-24H2,1H3,(H,39,46)(H,40,48)(H,42,49)(H,43,50)(H,44,47)(H4,37,38,41). The van der Waals surface area contributed by atoms with Gasteiger partial charge < -0.3 is 47.5 Å². The van der Waals surface area contributed by atoms with E-state index in [1.54, 1.807) is 31.4 Å². The second-order valence-electron chi connectivity index (χ2n) is 13.2. The highest BCUT2D eigenvalue weighted by atomic mass is 35.5. The molecule has 5 amide bonds. The number of carbonyl (C=O) groups is 5. The zero-order valence-corrected chi connectivity index (χ0v) is 30.9. The van der Waals surface area contributed by atoms with Crippen LogP contribution in [0, 0.1) is 0 Å². The quantitative estimate of drug-likeness (QED) is 0.0429. The van der Waals surface area contributed by atoms with E-state index in [0.717, 1.165) is 32.1 Å². The zero-order valence-electron chi connectivity index (χ0n) is 30.2. The van der Waals surface area contributed by atoms with Crippen molar-refractivity contribution in [1.29, 1.82) is 0 Å². The highest BCUT2D eigenvalue weighted by Crippen LogP contribution is 2.40. The summed E-state index contributed by atoms with van der Waals surface area (Å²) in [7, 11) is 1.58. The van der Waals surface area contributed by atoms with Gasteiger partial charge in [0.15, 0.2) is 5.96 Å². The van der Waals surface area contributed by atoms with Crippen LogP contribution in [0.1, 0.15) is 70.6 Å². The highest BCUT2D eigenvalue weighted by Gasteiger charge is 2.43. The van der Waals surface area contributed by atoms with Gasteiger partial charge in [0.2, 0.25) is 17.7 Å². The van der Waals surface area contributed by atoms with E-state index in [1.165, 1.54) is 0 Å². The summed E-state index contributed by atoms with van der Waals surface area (Å²) in [4.78, 5) is 70.1. The molecule has 52 heavy (non-hydrogen) atoms. The van der Waals surface area contributed by atoms with Crippen molar-refractivity contribution in [3.05, 3.63) is 29.3 Å². The Morgan fingerprint density at radius 1 is 0.962 bits per heavy atom. The summed E-state index contributed by atoms with van der Waals surface area (Å²) in [6, 6.07) is 5.56. The van der Waals surface area contributed by atoms with Crippen LogP contribution in [0.5, 0.6) is 0 Å². The van der Waals surface area contributed by atoms with Gasteiger partial charge in [0.05, 0.1) is 19.8 Å². The topological polar surface area (TPSA) is 232 Å². The molecule has 1 saturated heterocycles. The van der Waals surface area contributed by atoms with Gasteiger partial charge in [-0.2, -0.15) is 0 Å². The molecule has 9 N–H and O–H groups in total. The fourth-order valence-corrected chi connectivity index (χ4v) is 6.84. The van der Waals surface area contributed by atoms with Crippen molar-refractivity contribution in [2.75, 3.05) is 65.0 Å². The monoisotopic (exact) mass is 749 g/mol. The maximum Gasteiger partial charge on any atom is 0.313 e. The van der Waals surface area contributed by atoms with Crippen LogP contribution in [0.3, 0.4) is 0 Å². The maximum absolute atomic E-state index is 13.4. The van der Waals surface area contributed by atoms with E-state index in [1.807, 2.05) is 0 Å². The van der Waals surface area contributed by atoms with Gasteiger partial charge in [0, 0.05) is 75.0 Å². The second-order valence-corrected chi connectivity index (χ2v) is 13.6. The maximum atomic E-state index is 13.4. The molecule has 1 aromatic rings. The average molecular weight is 750 g/mol. The van der Waals surface area contributed by atoms with Gasteiger partial charge in [0.25, 0.3) is 0 Å². The van der Waals surface area contributed by atoms with Crippen LogP contribution < -0.4 is 38.1 Å². The number of carbonyl (C=O) groups excluding carboxylic acids is 5. The zero-order chi connectivity index (χ0) is 37.8. The summed E-state index contributed by atoms with van der Waals surface area (Å²) in [6.45, 7) is 3.48. The molecule has 2 aliphatic rings. The van der Waals surface area contributed by atoms with Crippen LogP contribution in [0.25, 0.3) is 0 Å². The molecule has 0 radical (unpaired) electrons. The van der Waals surface area contributed by atoms with Gasteiger partial charge in [-0.25, -0.2) is 0 Å². The van der Waals surface area contributed by atoms with E-state index >= 15 is 0 Å². The van der Waals surface area contributed by atoms with Gasteiger partial charge in [-0.3, -0.25) is 33.9 Å². The Morgan fingerprint density at radius 3 is 2.40 bits per heavy atom. The molecule has 16 nitrogen and oxygen atoms in total. The summed E-state index contributed by atoms with van der Waals surface area (Å²) in [5.41, 5.74) is 11.2. The molecule has 2 unspecified atom stereocenters. The number of methoxy groups -OCH3 is 1. The Kier molecular flexibility index (Phi) is 18.6. The Bertz CT molecular complexity index is 1340. The summed E-state index contributed by atoms with van der Waals surface area (Å²) < 4.78 is 10.2. The number of aliphatic imine (C=N–C) groups is 1. The second kappa shape index (κ2) is 22.8. The normalized spacial score (nSPS) is 17.4. The van der Waals surface area contributed by atoms with Crippen LogP contribution in [0.2, 0.25) is 5.02 Å². The molecule has 1 saturated carbocycles. The smallest absolute Gasteiger partial charge is 0.313 e. The van der Waals surface area contributed by atoms with E-state index in [-0.39, 0.29) is 42.2 Å². The summed E-state index contributed by atoms with van der Waals surface area (Å²) in [5, 5.41) is 14.6. The van der Waals surface area contributed by atoms with E-state index < -0.39 is 23.8 Å². The van der Waals surface area contributed by atoms with Crippen molar-refractivity contribution in [3.8, 4) is 0 Å². The third-order valence-corrected chi connectivity index (χ3v) is 9.58. The van der Waals surface area contributed by atoms with Gasteiger partial charge in [-0.05, 0) is 62.8 Å². The van der Waals surface area contributed by atoms with Crippen LogP contribution in [-0.2, 0) is 33.4 Å². The van der Waals surface area contributed by atoms with Crippen molar-refractivity contribution in [3.63, 3.8) is 0 Å². The molecular weight excluding hydrogens is 694 g/mol. The van der Waals surface area contributed by atoms with Gasteiger partial charge in [-0.15, -0.1) is 0 Å². The first-order chi connectivity index (χ1) is 25.0. The van der Waals surface area contributed by atoms with Gasteiger partial charge in [0.1, 0.15) is 6.04 Å². The molecule has 1 aromatic carbocycles. The van der Waals surface area contributed by atoms with E-state index in [2.05, 4.69) is 36.5 Å². The lowest BCUT2D eigenvalue weighted by atomic mass is 9.73. The highest BCUT2D eigenvalue weighted by molar-refractivity contribution is 6.39. The number of likely N-dealkylation sites (tertiary alicyclic amines) is 1. The Labute approximate surface area is 310 Å². The predicted molar refractivity (Wildman–Crippen MR) is 198 cm³/mol. The molecular formula is C35H56ClN9O7. The molecule has 1 heterocycles. The average Bonchev–Trinajstić information content (AvgIpc) is 3.12. The van der Waals surface area contributed by atoms with Crippen molar-refractivity contribution in [1.82, 2.24) is 26.2 Å². The molecule has 17 heteroatoms. The summed E-state index contributed by atoms with van der Waals surface area (Å²) in [5.74, 6) is -2.50. The molecule has 290 valence electrons. The fourth-order valence-electron chi connectivity index (χ4n) is 6.71. The number of benzene rings is 1. The number of rotatable bonds is 20. The number of piperidine rings is 1. The number of nitrogens with zero attached hydrogens (tertiary/aromatic N) is 2. The molecule has 2 fully saturated rings. The minimum Gasteiger partial charge on any atom is -0.382 e. The summed E-state index contributed by atoms with van der Waals surface area (Å²) in [6.07, 6.45) is 7.20. The number of anilines is 1. The third-order valence-electron chi connectivity index (χ3n) is 9.33. The first-order valence-corrected chi connectivity index (χ1v) is 18.5. The van der Waals surface area contributed by atoms with Crippen molar-refractivity contribution in [2.45, 2.75) is 88.3 Å². The van der Waals surface area contributed by atoms with Crippen LogP contribution >= 0.6 is 11.6 Å². The van der Waals surface area contributed by atoms with Crippen LogP contribution in [0.15, 0.2) is 29.3 Å². The first kappa shape index (κ1) is 42.4. The first-order valence-electron chi connectivity index (χ1n) is 18.1. The molecule has 1 spiro atoms. The SMILES string of the molecule is COCCOCCNC(=O)CCC(=O)NC(CCCN=C(N)N)C(=O)NCCN1CCC(NC(=O)C(=O)Nc2ccc(Cl)cc2)CC12CCCCC2. The number of hydrogen-bond donors (Lipinski definition) is 7. The number of amides is 5. The number of ether oxygens (including phenoxy) is 2. The fraction of sp³-hybridized carbons (Fsp3) is 0.657. The number of nitrogens with two attached hydrogens (primary N) is 2. The molecule has 2 atom stereocenters. The number of hydrogen-bond acceptors (Lipinski definition) is 9. The van der Waals surface area contributed by atoms with Crippen molar-refractivity contribution < 1.29 is 33.4 Å². The lowest BCUT2D eigenvalue weighted by Crippen LogP contribution is -2.61. The number of guanidine groups is 1. The summed E-state index contributed by atoms with van der Waals surface area (Å²) >= 11 is 5.92. The van der Waals surface area contributed by atoms with Crippen molar-refractivity contribution >= 4 is 52.8 Å². The van der Waals surface area contributed by atoms with E-state index in [4.69, 9.17) is 32.5 Å². The molecule has 1 aliphatic carbocycles. The lowest BCUT2D eigenvalue weighted by molar-refractivity contribution is -0.137. The van der Waals surface area contributed by atoms with E-state index in [9.17, 15) is 24.0 Å². The number of nitrogens with one attached hydrogen (secondary N) is 5. The van der Waals surface area contributed by atoms with Gasteiger partial charge in [-0.1, -0.05) is 30.9 Å². The molecule has 3 rings (SSSR count). The van der Waals surface area contributed by atoms with Crippen LogP contribution in [0.4, 0.5) is 5.69 Å². The largest absolute Gasteiger partial charge is 0.382 e. The predicted octanol–water partition coefficient (Wildman–Crippen LogP) is 0.776. The Hall–Kier alpha value is -3.99. The van der Waals surface area contributed by atoms with E-state index in [0.29, 0.717) is 88.9 Å².